The molecule has 0 aromatic rings. The second-order valence-electron chi connectivity index (χ2n) is 19.5. The van der Waals surface area contributed by atoms with Crippen LogP contribution in [0, 0.1) is 0 Å². The second-order valence-corrected chi connectivity index (χ2v) is 19.5. The summed E-state index contributed by atoms with van der Waals surface area (Å²) >= 11 is 0. The average Bonchev–Trinajstić information content (AvgIpc) is 3.43. The van der Waals surface area contributed by atoms with Crippen LogP contribution in [0.2, 0.25) is 0 Å². The van der Waals surface area contributed by atoms with Gasteiger partial charge < -0.3 is 39.0 Å². The van der Waals surface area contributed by atoms with E-state index in [9.17, 15) is 34.5 Å². The van der Waals surface area contributed by atoms with Crippen molar-refractivity contribution in [2.24, 2.45) is 0 Å². The van der Waals surface area contributed by atoms with Crippen LogP contribution in [0.3, 0.4) is 0 Å². The monoisotopic (exact) mass is 1100 g/mol. The molecule has 0 saturated carbocycles. The zero-order valence-electron chi connectivity index (χ0n) is 48.5. The van der Waals surface area contributed by atoms with Gasteiger partial charge in [-0.15, -0.1) is 0 Å². The van der Waals surface area contributed by atoms with E-state index in [0.29, 0.717) is 25.7 Å². The molecule has 6 unspecified atom stereocenters. The van der Waals surface area contributed by atoms with E-state index in [2.05, 4.69) is 154 Å². The maximum Gasteiger partial charge on any atom is 0.335 e. The molecule has 1 fully saturated rings. The lowest BCUT2D eigenvalue weighted by atomic mass is 9.98. The Bertz CT molecular complexity index is 1930. The Balaban J connectivity index is 2.76. The molecule has 1 aliphatic heterocycles. The van der Waals surface area contributed by atoms with Crippen LogP contribution in [-0.2, 0) is 42.9 Å². The fourth-order valence-corrected chi connectivity index (χ4v) is 7.94. The van der Waals surface area contributed by atoms with E-state index in [1.165, 1.54) is 0 Å². The van der Waals surface area contributed by atoms with Gasteiger partial charge in [0, 0.05) is 19.3 Å². The van der Waals surface area contributed by atoms with Gasteiger partial charge in [0.15, 0.2) is 24.6 Å². The summed E-state index contributed by atoms with van der Waals surface area (Å²) in [5.74, 6) is -3.28. The summed E-state index contributed by atoms with van der Waals surface area (Å²) in [4.78, 5) is 51.2. The van der Waals surface area contributed by atoms with Gasteiger partial charge in [0.25, 0.3) is 0 Å². The molecule has 6 atom stereocenters. The van der Waals surface area contributed by atoms with Gasteiger partial charge in [0.1, 0.15) is 18.8 Å². The minimum absolute atomic E-state index is 0.0311. The third-order valence-electron chi connectivity index (χ3n) is 12.4. The highest BCUT2D eigenvalue weighted by molar-refractivity contribution is 5.74. The predicted octanol–water partition coefficient (Wildman–Crippen LogP) is 15.6. The molecule has 1 rings (SSSR count). The Morgan fingerprint density at radius 3 is 1.19 bits per heavy atom. The standard InChI is InChI=1S/C67H102O12/c1-4-7-10-13-16-19-22-25-28-30-33-35-38-41-44-47-50-53-59(68)75-56-58(77-60(69)54-51-48-45-42-39-36-32-27-24-21-18-15-12-9-6-3)57-76-67-65(63(72)62(71)64(79-67)66(73)74)78-61(70)55-52-49-46-43-40-37-34-31-29-26-23-20-17-14-11-8-5-2/h7-12,16-21,25-29,32-35,37,43,46,58,62-65,67,71-72H,4-6,13-15,22-24,30-31,36,38-42,44-45,47-57H2,1-3H3,(H,73,74)/b10-7-,11-8-,12-9-,19-16-,20-17-,21-18-,28-25-,29-26-,32-27-,35-33-,37-34-,46-43-. The van der Waals surface area contributed by atoms with Crippen LogP contribution >= 0.6 is 0 Å². The fourth-order valence-electron chi connectivity index (χ4n) is 7.94. The van der Waals surface area contributed by atoms with Gasteiger partial charge in [0.05, 0.1) is 6.61 Å². The lowest BCUT2D eigenvalue weighted by Gasteiger charge is -2.40. The summed E-state index contributed by atoms with van der Waals surface area (Å²) in [5, 5.41) is 31.5. The van der Waals surface area contributed by atoms with Crippen LogP contribution in [0.1, 0.15) is 201 Å². The van der Waals surface area contributed by atoms with Crippen LogP contribution in [0.25, 0.3) is 0 Å². The first-order valence-corrected chi connectivity index (χ1v) is 29.8. The summed E-state index contributed by atoms with van der Waals surface area (Å²) in [6.45, 7) is 5.58. The highest BCUT2D eigenvalue weighted by Crippen LogP contribution is 2.26. The van der Waals surface area contributed by atoms with Gasteiger partial charge in [-0.2, -0.15) is 0 Å². The number of aliphatic hydroxyl groups excluding tert-OH is 2. The molecule has 0 bridgehead atoms. The van der Waals surface area contributed by atoms with E-state index in [4.69, 9.17) is 23.7 Å². The Morgan fingerprint density at radius 2 is 0.772 bits per heavy atom. The van der Waals surface area contributed by atoms with Gasteiger partial charge in [0.2, 0.25) is 0 Å². The van der Waals surface area contributed by atoms with Crippen LogP contribution in [-0.4, -0.2) is 89.2 Å². The molecule has 0 spiro atoms. The molecule has 79 heavy (non-hydrogen) atoms. The number of unbranched alkanes of at least 4 members (excludes halogenated alkanes) is 10. The van der Waals surface area contributed by atoms with E-state index < -0.39 is 67.3 Å². The van der Waals surface area contributed by atoms with Crippen molar-refractivity contribution in [3.63, 3.8) is 0 Å². The van der Waals surface area contributed by atoms with Crippen molar-refractivity contribution in [1.82, 2.24) is 0 Å². The van der Waals surface area contributed by atoms with Crippen LogP contribution in [0.15, 0.2) is 146 Å². The molecule has 0 radical (unpaired) electrons. The zero-order valence-corrected chi connectivity index (χ0v) is 48.5. The maximum absolute atomic E-state index is 13.2. The number of rotatable bonds is 48. The third-order valence-corrected chi connectivity index (χ3v) is 12.4. The number of allylic oxidation sites excluding steroid dienone is 24. The van der Waals surface area contributed by atoms with Crippen LogP contribution in [0.4, 0.5) is 0 Å². The Hall–Kier alpha value is -5.40. The van der Waals surface area contributed by atoms with Gasteiger partial charge >= 0.3 is 23.9 Å². The van der Waals surface area contributed by atoms with Crippen molar-refractivity contribution in [3.8, 4) is 0 Å². The number of aliphatic hydroxyl groups is 2. The lowest BCUT2D eigenvalue weighted by molar-refractivity contribution is -0.301. The summed E-state index contributed by atoms with van der Waals surface area (Å²) in [5.41, 5.74) is 0. The number of hydrogen-bond donors (Lipinski definition) is 3. The number of carbonyl (C=O) groups excluding carboxylic acids is 3. The molecule has 0 amide bonds. The number of carboxylic acid groups (broad SMARTS) is 1. The summed E-state index contributed by atoms with van der Waals surface area (Å²) in [7, 11) is 0. The van der Waals surface area contributed by atoms with E-state index in [1.807, 2.05) is 12.2 Å². The fraction of sp³-hybridized carbons (Fsp3) is 0.582. The first kappa shape index (κ1) is 71.6. The Morgan fingerprint density at radius 1 is 0.418 bits per heavy atom. The number of hydrogen-bond acceptors (Lipinski definition) is 11. The summed E-state index contributed by atoms with van der Waals surface area (Å²) in [6, 6.07) is 0. The smallest absolute Gasteiger partial charge is 0.335 e. The molecule has 1 heterocycles. The number of aliphatic carboxylic acids is 1. The third kappa shape index (κ3) is 43.1. The molecule has 0 aliphatic carbocycles. The molecule has 1 saturated heterocycles. The van der Waals surface area contributed by atoms with Gasteiger partial charge in [-0.05, 0) is 128 Å². The van der Waals surface area contributed by atoms with Crippen molar-refractivity contribution < 1.29 is 58.2 Å². The minimum atomic E-state index is -1.94. The van der Waals surface area contributed by atoms with Crippen molar-refractivity contribution in [2.75, 3.05) is 13.2 Å². The highest BCUT2D eigenvalue weighted by Gasteiger charge is 2.50. The quantitative estimate of drug-likeness (QED) is 0.0228. The molecule has 3 N–H and O–H groups in total. The number of carbonyl (C=O) groups is 4. The van der Waals surface area contributed by atoms with Crippen molar-refractivity contribution in [3.05, 3.63) is 146 Å². The lowest BCUT2D eigenvalue weighted by Crippen LogP contribution is -2.61. The average molecular weight is 1100 g/mol. The molecular formula is C67H102O12. The predicted molar refractivity (Wildman–Crippen MR) is 321 cm³/mol. The van der Waals surface area contributed by atoms with Gasteiger partial charge in [-0.3, -0.25) is 14.4 Å². The van der Waals surface area contributed by atoms with Crippen molar-refractivity contribution >= 4 is 23.9 Å². The normalized spacial score (nSPS) is 18.9. The molecule has 12 nitrogen and oxygen atoms in total. The molecular weight excluding hydrogens is 997 g/mol. The molecule has 0 aromatic heterocycles. The SMILES string of the molecule is CC/C=C\C/C=C\C/C=C\C/C=C\C/C=C\CCCC(=O)OC1C(OCC(COC(=O)CCCCCC/C=C\C/C=C\C/C=C\C/C=C\CC)OC(=O)CCCCCCC/C=C\C/C=C\C/C=C\CC)OC(C(=O)O)C(O)C1O. The first-order valence-electron chi connectivity index (χ1n) is 29.8. The van der Waals surface area contributed by atoms with E-state index in [1.54, 1.807) is 0 Å². The van der Waals surface area contributed by atoms with Gasteiger partial charge in [-0.25, -0.2) is 4.79 Å². The number of ether oxygens (including phenoxy) is 5. The van der Waals surface area contributed by atoms with E-state index in [0.717, 1.165) is 135 Å². The number of esters is 3. The molecule has 12 heteroatoms. The minimum Gasteiger partial charge on any atom is -0.479 e. The van der Waals surface area contributed by atoms with Crippen LogP contribution in [0.5, 0.6) is 0 Å². The van der Waals surface area contributed by atoms with E-state index >= 15 is 0 Å². The largest absolute Gasteiger partial charge is 0.479 e. The maximum atomic E-state index is 13.2. The zero-order chi connectivity index (χ0) is 57.5. The summed E-state index contributed by atoms with van der Waals surface area (Å²) in [6.07, 6.45) is 63.9. The first-order chi connectivity index (χ1) is 38.6. The van der Waals surface area contributed by atoms with Crippen molar-refractivity contribution in [1.29, 1.82) is 0 Å². The number of carboxylic acids is 1. The molecule has 0 aromatic carbocycles. The van der Waals surface area contributed by atoms with Crippen LogP contribution < -0.4 is 0 Å². The summed E-state index contributed by atoms with van der Waals surface area (Å²) < 4.78 is 28.3. The molecule has 442 valence electrons. The second kappa shape index (κ2) is 53.3. The van der Waals surface area contributed by atoms with Crippen molar-refractivity contribution in [2.45, 2.75) is 237 Å². The Kier molecular flexibility index (Phi) is 48.3. The topological polar surface area (TPSA) is 175 Å². The van der Waals surface area contributed by atoms with E-state index in [-0.39, 0.29) is 25.9 Å². The highest BCUT2D eigenvalue weighted by atomic mass is 16.7. The Labute approximate surface area is 476 Å². The molecule has 1 aliphatic rings. The van der Waals surface area contributed by atoms with Gasteiger partial charge in [-0.1, -0.05) is 199 Å².